The highest BCUT2D eigenvalue weighted by atomic mass is 16.4. The third kappa shape index (κ3) is 19.2. The van der Waals surface area contributed by atoms with Crippen LogP contribution >= 0.6 is 0 Å². The van der Waals surface area contributed by atoms with Gasteiger partial charge in [-0.3, -0.25) is 9.59 Å². The Morgan fingerprint density at radius 1 is 0.577 bits per heavy atom. The molecule has 8 N–H and O–H groups in total. The first-order chi connectivity index (χ1) is 11.6. The van der Waals surface area contributed by atoms with Gasteiger partial charge in [0.05, 0.1) is 0 Å². The molecule has 6 nitrogen and oxygen atoms in total. The lowest BCUT2D eigenvalue weighted by molar-refractivity contribution is -0.154. The molecule has 0 bridgehead atoms. The van der Waals surface area contributed by atoms with Crippen molar-refractivity contribution in [1.29, 1.82) is 0 Å². The van der Waals surface area contributed by atoms with Crippen LogP contribution in [0.25, 0.3) is 0 Å². The van der Waals surface area contributed by atoms with Crippen molar-refractivity contribution in [2.24, 2.45) is 5.92 Å². The first-order valence-corrected chi connectivity index (χ1v) is 10.0. The van der Waals surface area contributed by atoms with Crippen LogP contribution < -0.4 is 12.3 Å². The van der Waals surface area contributed by atoms with Crippen LogP contribution in [-0.4, -0.2) is 22.2 Å². The molecule has 0 spiro atoms. The van der Waals surface area contributed by atoms with Gasteiger partial charge in [0.25, 0.3) is 0 Å². The second-order valence-corrected chi connectivity index (χ2v) is 6.97. The Hall–Kier alpha value is -1.14. The molecule has 0 aliphatic heterocycles. The Morgan fingerprint density at radius 3 is 1.12 bits per heavy atom. The fraction of sp³-hybridized carbons (Fsp3) is 0.900. The zero-order valence-electron chi connectivity index (χ0n) is 17.0. The third-order valence-electron chi connectivity index (χ3n) is 4.69. The third-order valence-corrected chi connectivity index (χ3v) is 4.69. The van der Waals surface area contributed by atoms with E-state index in [4.69, 9.17) is 10.2 Å². The van der Waals surface area contributed by atoms with Crippen molar-refractivity contribution >= 4 is 11.9 Å². The number of hydrogen-bond donors (Lipinski definition) is 4. The van der Waals surface area contributed by atoms with Crippen molar-refractivity contribution in [3.63, 3.8) is 0 Å². The van der Waals surface area contributed by atoms with E-state index < -0.39 is 17.9 Å². The molecule has 158 valence electrons. The van der Waals surface area contributed by atoms with E-state index in [-0.39, 0.29) is 18.7 Å². The highest BCUT2D eigenvalue weighted by molar-refractivity contribution is 5.92. The molecule has 0 radical (unpaired) electrons. The van der Waals surface area contributed by atoms with E-state index in [1.54, 1.807) is 0 Å². The summed E-state index contributed by atoms with van der Waals surface area (Å²) >= 11 is 0. The Balaban J connectivity index is -0.00000264. The van der Waals surface area contributed by atoms with Gasteiger partial charge in [-0.2, -0.15) is 0 Å². The fourth-order valence-electron chi connectivity index (χ4n) is 3.07. The summed E-state index contributed by atoms with van der Waals surface area (Å²) < 4.78 is 0. The molecular formula is C20H44N2O4. The smallest absolute Gasteiger partial charge is 0.317 e. The fourth-order valence-corrected chi connectivity index (χ4v) is 3.07. The maximum absolute atomic E-state index is 10.7. The van der Waals surface area contributed by atoms with Crippen molar-refractivity contribution in [1.82, 2.24) is 12.3 Å². The molecule has 0 aliphatic rings. The van der Waals surface area contributed by atoms with E-state index in [9.17, 15) is 9.59 Å². The second-order valence-electron chi connectivity index (χ2n) is 6.97. The number of rotatable bonds is 18. The first kappa shape index (κ1) is 29.6. The van der Waals surface area contributed by atoms with Crippen molar-refractivity contribution in [3.8, 4) is 0 Å². The van der Waals surface area contributed by atoms with Gasteiger partial charge in [0.1, 0.15) is 0 Å². The summed E-state index contributed by atoms with van der Waals surface area (Å²) in [6.45, 7) is 2.25. The van der Waals surface area contributed by atoms with Crippen molar-refractivity contribution in [3.05, 3.63) is 0 Å². The summed E-state index contributed by atoms with van der Waals surface area (Å²) in [4.78, 5) is 21.5. The van der Waals surface area contributed by atoms with Crippen LogP contribution in [0.1, 0.15) is 110 Å². The van der Waals surface area contributed by atoms with Crippen LogP contribution in [-0.2, 0) is 9.59 Å². The van der Waals surface area contributed by atoms with Crippen molar-refractivity contribution < 1.29 is 19.8 Å². The Labute approximate surface area is 160 Å². The first-order valence-electron chi connectivity index (χ1n) is 10.0. The molecule has 0 heterocycles. The number of carboxylic acids is 2. The summed E-state index contributed by atoms with van der Waals surface area (Å²) in [5.74, 6) is -3.66. The van der Waals surface area contributed by atoms with E-state index in [1.807, 2.05) is 0 Å². The van der Waals surface area contributed by atoms with Crippen LogP contribution in [0.3, 0.4) is 0 Å². The Kier molecular flexibility index (Phi) is 24.9. The van der Waals surface area contributed by atoms with E-state index in [1.165, 1.54) is 77.0 Å². The Bertz CT molecular complexity index is 311. The summed E-state index contributed by atoms with van der Waals surface area (Å²) in [5, 5.41) is 17.6. The summed E-state index contributed by atoms with van der Waals surface area (Å²) in [5.41, 5.74) is 0. The summed E-state index contributed by atoms with van der Waals surface area (Å²) in [6, 6.07) is 0. The van der Waals surface area contributed by atoms with Crippen LogP contribution in [0, 0.1) is 5.92 Å². The molecule has 6 heteroatoms. The van der Waals surface area contributed by atoms with Crippen LogP contribution in [0.2, 0.25) is 0 Å². The second kappa shape index (κ2) is 21.9. The molecule has 0 amide bonds. The van der Waals surface area contributed by atoms with Crippen molar-refractivity contribution in [2.45, 2.75) is 110 Å². The normalized spacial score (nSPS) is 10.2. The van der Waals surface area contributed by atoms with E-state index >= 15 is 0 Å². The van der Waals surface area contributed by atoms with Gasteiger partial charge in [0.15, 0.2) is 5.92 Å². The molecule has 0 aromatic carbocycles. The predicted molar refractivity (Wildman–Crippen MR) is 108 cm³/mol. The number of aliphatic carboxylic acids is 2. The molecule has 0 saturated heterocycles. The topological polar surface area (TPSA) is 145 Å². The van der Waals surface area contributed by atoms with Gasteiger partial charge in [0, 0.05) is 0 Å². The van der Waals surface area contributed by atoms with Gasteiger partial charge in [0.2, 0.25) is 0 Å². The molecule has 0 fully saturated rings. The molecule has 26 heavy (non-hydrogen) atoms. The minimum Gasteiger partial charge on any atom is -0.481 e. The predicted octanol–water partition coefficient (Wildman–Crippen LogP) is 6.36. The molecule has 0 atom stereocenters. The van der Waals surface area contributed by atoms with Gasteiger partial charge in [-0.05, 0) is 6.42 Å². The van der Waals surface area contributed by atoms with Gasteiger partial charge < -0.3 is 22.5 Å². The maximum Gasteiger partial charge on any atom is 0.317 e. The minimum absolute atomic E-state index is 0. The minimum atomic E-state index is -1.23. The lowest BCUT2D eigenvalue weighted by Gasteiger charge is -2.07. The molecule has 0 unspecified atom stereocenters. The number of hydrogen-bond acceptors (Lipinski definition) is 4. The number of carbonyl (C=O) groups is 2. The SMILES string of the molecule is CCCCCCCCCCCCCCCCCC(C(=O)O)C(=O)O.N.N. The average Bonchev–Trinajstić information content (AvgIpc) is 2.53. The molecule has 0 aromatic rings. The number of carboxylic acid groups (broad SMARTS) is 2. The van der Waals surface area contributed by atoms with Gasteiger partial charge in [-0.1, -0.05) is 103 Å². The van der Waals surface area contributed by atoms with Crippen LogP contribution in [0.4, 0.5) is 0 Å². The lowest BCUT2D eigenvalue weighted by Crippen LogP contribution is -2.23. The average molecular weight is 377 g/mol. The van der Waals surface area contributed by atoms with Gasteiger partial charge in [-0.15, -0.1) is 0 Å². The van der Waals surface area contributed by atoms with Gasteiger partial charge >= 0.3 is 11.9 Å². The highest BCUT2D eigenvalue weighted by Gasteiger charge is 2.24. The zero-order valence-corrected chi connectivity index (χ0v) is 17.0. The summed E-state index contributed by atoms with van der Waals surface area (Å²) in [7, 11) is 0. The largest absolute Gasteiger partial charge is 0.481 e. The Morgan fingerprint density at radius 2 is 0.846 bits per heavy atom. The lowest BCUT2D eigenvalue weighted by atomic mass is 10.00. The van der Waals surface area contributed by atoms with Crippen LogP contribution in [0.5, 0.6) is 0 Å². The molecule has 0 aliphatic carbocycles. The monoisotopic (exact) mass is 376 g/mol. The van der Waals surface area contributed by atoms with E-state index in [0.29, 0.717) is 6.42 Å². The molecule has 0 aromatic heterocycles. The molecule has 0 rings (SSSR count). The standard InChI is InChI=1S/C20H38O4.2H3N/c1-2-3-4-5-6-7-8-9-10-11-12-13-14-15-16-17-18(19(21)22)20(23)24;;/h18H,2-17H2,1H3,(H,21,22)(H,23,24);2*1H3. The van der Waals surface area contributed by atoms with Crippen molar-refractivity contribution in [2.75, 3.05) is 0 Å². The highest BCUT2D eigenvalue weighted by Crippen LogP contribution is 2.15. The van der Waals surface area contributed by atoms with E-state index in [2.05, 4.69) is 6.92 Å². The zero-order chi connectivity index (χ0) is 18.0. The number of unbranched alkanes of at least 4 members (excludes halogenated alkanes) is 14. The molecular weight excluding hydrogens is 332 g/mol. The van der Waals surface area contributed by atoms with Gasteiger partial charge in [-0.25, -0.2) is 0 Å². The summed E-state index contributed by atoms with van der Waals surface area (Å²) in [6.07, 6.45) is 19.0. The molecule has 0 saturated carbocycles. The van der Waals surface area contributed by atoms with Crippen LogP contribution in [0.15, 0.2) is 0 Å². The maximum atomic E-state index is 10.7. The van der Waals surface area contributed by atoms with E-state index in [0.717, 1.165) is 12.8 Å². The quantitative estimate of drug-likeness (QED) is 0.162.